The lowest BCUT2D eigenvalue weighted by molar-refractivity contribution is -0.187. The van der Waals surface area contributed by atoms with Crippen molar-refractivity contribution in [3.8, 4) is 0 Å². The van der Waals surface area contributed by atoms with Crippen molar-refractivity contribution in [3.63, 3.8) is 0 Å². The van der Waals surface area contributed by atoms with E-state index in [0.717, 1.165) is 12.8 Å². The second-order valence-corrected chi connectivity index (χ2v) is 5.30. The quantitative estimate of drug-likeness (QED) is 0.614. The third-order valence-corrected chi connectivity index (χ3v) is 2.64. The lowest BCUT2D eigenvalue weighted by atomic mass is 9.91. The Kier molecular flexibility index (Phi) is 4.52. The van der Waals surface area contributed by atoms with Crippen LogP contribution in [0.2, 0.25) is 0 Å². The summed E-state index contributed by atoms with van der Waals surface area (Å²) in [5.74, 6) is 0. The van der Waals surface area contributed by atoms with Crippen LogP contribution in [0.1, 0.15) is 46.5 Å². The fourth-order valence-electron chi connectivity index (χ4n) is 1.92. The summed E-state index contributed by atoms with van der Waals surface area (Å²) in [4.78, 5) is 0. The molecule has 0 bridgehead atoms. The Labute approximate surface area is 92.2 Å². The summed E-state index contributed by atoms with van der Waals surface area (Å²) in [6.07, 6.45) is 3.49. The van der Waals surface area contributed by atoms with Gasteiger partial charge in [0.15, 0.2) is 0 Å². The minimum Gasteiger partial charge on any atom is -0.356 e. The first-order valence-electron chi connectivity index (χ1n) is 5.76. The molecule has 4 nitrogen and oxygen atoms in total. The van der Waals surface area contributed by atoms with E-state index >= 15 is 0 Å². The van der Waals surface area contributed by atoms with Crippen LogP contribution in [0.4, 0.5) is 0 Å². The van der Waals surface area contributed by atoms with Crippen molar-refractivity contribution in [1.82, 2.24) is 5.32 Å². The second-order valence-electron chi connectivity index (χ2n) is 5.30. The zero-order chi connectivity index (χ0) is 11.5. The van der Waals surface area contributed by atoms with Crippen LogP contribution in [0, 0.1) is 0 Å². The Morgan fingerprint density at radius 3 is 2.47 bits per heavy atom. The van der Waals surface area contributed by atoms with Gasteiger partial charge in [0.1, 0.15) is 0 Å². The van der Waals surface area contributed by atoms with E-state index in [9.17, 15) is 5.11 Å². The second kappa shape index (κ2) is 5.25. The van der Waals surface area contributed by atoms with Gasteiger partial charge in [-0.15, -0.1) is 0 Å². The highest BCUT2D eigenvalue weighted by atomic mass is 16.6. The van der Waals surface area contributed by atoms with Gasteiger partial charge in [0.2, 0.25) is 6.41 Å². The van der Waals surface area contributed by atoms with E-state index in [0.29, 0.717) is 0 Å². The van der Waals surface area contributed by atoms with E-state index in [1.54, 1.807) is 0 Å². The summed E-state index contributed by atoms with van der Waals surface area (Å²) in [5, 5.41) is 12.7. The molecule has 4 N–H and O–H groups in total. The fourth-order valence-corrected chi connectivity index (χ4v) is 1.92. The molecule has 0 heterocycles. The average Bonchev–Trinajstić information content (AvgIpc) is 2.05. The lowest BCUT2D eigenvalue weighted by Crippen LogP contribution is -2.52. The molecule has 0 amide bonds. The summed E-state index contributed by atoms with van der Waals surface area (Å²) in [7, 11) is 0. The minimum atomic E-state index is -0.917. The Morgan fingerprint density at radius 2 is 1.93 bits per heavy atom. The normalized spacial score (nSPS) is 30.2. The van der Waals surface area contributed by atoms with Gasteiger partial charge in [0, 0.05) is 12.1 Å². The van der Waals surface area contributed by atoms with Crippen LogP contribution in [-0.2, 0) is 4.74 Å². The fraction of sp³-hybridized carbons (Fsp3) is 1.00. The Hall–Kier alpha value is -0.160. The molecule has 0 aromatic carbocycles. The van der Waals surface area contributed by atoms with Crippen molar-refractivity contribution in [1.29, 1.82) is 0 Å². The van der Waals surface area contributed by atoms with Crippen LogP contribution >= 0.6 is 0 Å². The van der Waals surface area contributed by atoms with Gasteiger partial charge in [-0.2, -0.15) is 0 Å². The van der Waals surface area contributed by atoms with Gasteiger partial charge >= 0.3 is 0 Å². The number of nitrogens with two attached hydrogens (primary N) is 1. The zero-order valence-corrected chi connectivity index (χ0v) is 9.99. The molecule has 1 unspecified atom stereocenters. The topological polar surface area (TPSA) is 67.5 Å². The van der Waals surface area contributed by atoms with E-state index in [-0.39, 0.29) is 17.7 Å². The van der Waals surface area contributed by atoms with Gasteiger partial charge in [0.05, 0.1) is 5.60 Å². The van der Waals surface area contributed by atoms with Gasteiger partial charge < -0.3 is 15.6 Å². The Morgan fingerprint density at radius 1 is 1.33 bits per heavy atom. The molecule has 0 aliphatic heterocycles. The molecule has 90 valence electrons. The van der Waals surface area contributed by atoms with Crippen molar-refractivity contribution >= 4 is 0 Å². The molecule has 0 aromatic heterocycles. The third-order valence-electron chi connectivity index (χ3n) is 2.64. The molecule has 4 heteroatoms. The number of hydrogen-bond donors (Lipinski definition) is 3. The maximum atomic E-state index is 9.67. The summed E-state index contributed by atoms with van der Waals surface area (Å²) in [6.45, 7) is 5.75. The first-order valence-corrected chi connectivity index (χ1v) is 5.76. The summed E-state index contributed by atoms with van der Waals surface area (Å²) in [5.41, 5.74) is 5.62. The van der Waals surface area contributed by atoms with Crippen LogP contribution < -0.4 is 11.1 Å². The average molecular weight is 216 g/mol. The first kappa shape index (κ1) is 12.9. The van der Waals surface area contributed by atoms with Crippen molar-refractivity contribution in [2.24, 2.45) is 5.73 Å². The van der Waals surface area contributed by atoms with Crippen molar-refractivity contribution in [3.05, 3.63) is 0 Å². The highest BCUT2D eigenvalue weighted by Crippen LogP contribution is 2.18. The molecule has 0 radical (unpaired) electrons. The predicted octanol–water partition coefficient (Wildman–Crippen LogP) is 0.937. The van der Waals surface area contributed by atoms with Crippen LogP contribution in [0.3, 0.4) is 0 Å². The van der Waals surface area contributed by atoms with Gasteiger partial charge in [0.25, 0.3) is 0 Å². The summed E-state index contributed by atoms with van der Waals surface area (Å²) < 4.78 is 5.38. The molecule has 1 saturated carbocycles. The number of ether oxygens (including phenoxy) is 1. The first-order chi connectivity index (χ1) is 6.88. The molecule has 0 saturated heterocycles. The standard InChI is InChI=1S/C11H24N2O2/c1-11(2,3)15-10(14)13-9-7-5-4-6-8(9)12/h8-10,13-14H,4-7,12H2,1-3H3/t8-,9+,10?/m1/s1. The number of aliphatic hydroxyl groups is 1. The molecule has 15 heavy (non-hydrogen) atoms. The summed E-state index contributed by atoms with van der Waals surface area (Å²) in [6, 6.07) is 0.313. The Bertz CT molecular complexity index is 192. The van der Waals surface area contributed by atoms with E-state index in [1.165, 1.54) is 12.8 Å². The minimum absolute atomic E-state index is 0.136. The van der Waals surface area contributed by atoms with Crippen LogP contribution in [0.5, 0.6) is 0 Å². The van der Waals surface area contributed by atoms with Gasteiger partial charge in [-0.05, 0) is 33.6 Å². The van der Waals surface area contributed by atoms with Crippen LogP contribution in [0.25, 0.3) is 0 Å². The maximum Gasteiger partial charge on any atom is 0.214 e. The van der Waals surface area contributed by atoms with Crippen molar-refractivity contribution in [2.45, 2.75) is 70.6 Å². The molecule has 0 spiro atoms. The largest absolute Gasteiger partial charge is 0.356 e. The molecular weight excluding hydrogens is 192 g/mol. The smallest absolute Gasteiger partial charge is 0.214 e. The number of aliphatic hydroxyl groups excluding tert-OH is 1. The Balaban J connectivity index is 2.33. The van der Waals surface area contributed by atoms with Crippen LogP contribution in [-0.4, -0.2) is 29.2 Å². The highest BCUT2D eigenvalue weighted by molar-refractivity contribution is 4.83. The molecule has 0 aromatic rings. The number of nitrogens with one attached hydrogen (secondary N) is 1. The monoisotopic (exact) mass is 216 g/mol. The number of rotatable bonds is 3. The lowest BCUT2D eigenvalue weighted by Gasteiger charge is -2.33. The predicted molar refractivity (Wildman–Crippen MR) is 60.2 cm³/mol. The van der Waals surface area contributed by atoms with Crippen LogP contribution in [0.15, 0.2) is 0 Å². The molecule has 1 aliphatic carbocycles. The van der Waals surface area contributed by atoms with E-state index in [2.05, 4.69) is 5.32 Å². The van der Waals surface area contributed by atoms with Gasteiger partial charge in [-0.25, -0.2) is 0 Å². The van der Waals surface area contributed by atoms with Crippen molar-refractivity contribution < 1.29 is 9.84 Å². The summed E-state index contributed by atoms with van der Waals surface area (Å²) >= 11 is 0. The van der Waals surface area contributed by atoms with Crippen molar-refractivity contribution in [2.75, 3.05) is 0 Å². The molecule has 1 rings (SSSR count). The van der Waals surface area contributed by atoms with Gasteiger partial charge in [-0.3, -0.25) is 5.32 Å². The highest BCUT2D eigenvalue weighted by Gasteiger charge is 2.25. The SMILES string of the molecule is CC(C)(C)OC(O)N[C@H]1CCCC[C@H]1N. The molecule has 1 fully saturated rings. The van der Waals surface area contributed by atoms with E-state index in [1.807, 2.05) is 20.8 Å². The molecule has 3 atom stereocenters. The van der Waals surface area contributed by atoms with Gasteiger partial charge in [-0.1, -0.05) is 12.8 Å². The maximum absolute atomic E-state index is 9.67. The molecular formula is C11H24N2O2. The van der Waals surface area contributed by atoms with E-state index in [4.69, 9.17) is 10.5 Å². The van der Waals surface area contributed by atoms with E-state index < -0.39 is 6.41 Å². The zero-order valence-electron chi connectivity index (χ0n) is 9.99. The number of hydrogen-bond acceptors (Lipinski definition) is 4. The third kappa shape index (κ3) is 4.93. The molecule has 1 aliphatic rings.